The summed E-state index contributed by atoms with van der Waals surface area (Å²) in [7, 11) is 2.94. The van der Waals surface area contributed by atoms with E-state index < -0.39 is 6.03 Å². The predicted molar refractivity (Wildman–Crippen MR) is 156 cm³/mol. The highest BCUT2D eigenvalue weighted by molar-refractivity contribution is 6.42. The number of rotatable bonds is 9. The molecule has 3 heterocycles. The molecule has 2 aromatic heterocycles. The Morgan fingerprint density at radius 2 is 1.90 bits per heavy atom. The SMILES string of the molecule is C=CC(=O)N[C@H]1CCCCC1Nc1ncc2c(n1)N(Cc1cc[nH]n1)C(=O)N(c1c(Cl)c(OC)cc(OC)c1Cl)C2. The summed E-state index contributed by atoms with van der Waals surface area (Å²) in [6.07, 6.45) is 8.29. The van der Waals surface area contributed by atoms with Gasteiger partial charge < -0.3 is 20.1 Å². The summed E-state index contributed by atoms with van der Waals surface area (Å²) < 4.78 is 10.8. The van der Waals surface area contributed by atoms with E-state index >= 15 is 0 Å². The smallest absolute Gasteiger partial charge is 0.330 e. The Hall–Kier alpha value is -4.03. The van der Waals surface area contributed by atoms with Gasteiger partial charge in [-0.15, -0.1) is 0 Å². The zero-order valence-corrected chi connectivity index (χ0v) is 24.1. The standard InChI is InChI=1S/C27H30Cl2N8O4/c1-4-21(38)32-17-7-5-6-8-18(17)33-26-30-12-15-13-36(24-22(28)19(40-2)11-20(41-3)23(24)29)27(39)37(25(15)34-26)14-16-9-10-31-35-16/h4,9-12,17-18H,1,5-8,13-14H2,2-3H3,(H,31,35)(H,32,38)(H,30,33,34)/t17-,18?/m0/s1. The molecule has 1 fully saturated rings. The summed E-state index contributed by atoms with van der Waals surface area (Å²) in [6, 6.07) is 2.74. The van der Waals surface area contributed by atoms with Crippen LogP contribution in [0.5, 0.6) is 11.5 Å². The fourth-order valence-corrected chi connectivity index (χ4v) is 5.84. The number of hydrogen-bond donors (Lipinski definition) is 3. The van der Waals surface area contributed by atoms with Crippen LogP contribution < -0.4 is 29.9 Å². The lowest BCUT2D eigenvalue weighted by atomic mass is 9.90. The van der Waals surface area contributed by atoms with Gasteiger partial charge >= 0.3 is 6.03 Å². The molecule has 3 amide bonds. The molecule has 3 N–H and O–H groups in total. The topological polar surface area (TPSA) is 138 Å². The molecule has 0 bridgehead atoms. The molecular formula is C27H30Cl2N8O4. The Bertz CT molecular complexity index is 1420. The van der Waals surface area contributed by atoms with E-state index in [1.54, 1.807) is 24.5 Å². The van der Waals surface area contributed by atoms with Crippen molar-refractivity contribution in [2.75, 3.05) is 29.3 Å². The van der Waals surface area contributed by atoms with Gasteiger partial charge in [0.2, 0.25) is 11.9 Å². The minimum atomic E-state index is -0.418. The molecule has 41 heavy (non-hydrogen) atoms. The number of carbonyl (C=O) groups is 2. The van der Waals surface area contributed by atoms with Crippen LogP contribution in [0.2, 0.25) is 10.0 Å². The highest BCUT2D eigenvalue weighted by Gasteiger charge is 2.37. The minimum Gasteiger partial charge on any atom is -0.495 e. The Kier molecular flexibility index (Phi) is 8.50. The highest BCUT2D eigenvalue weighted by Crippen LogP contribution is 2.48. The molecule has 216 valence electrons. The van der Waals surface area contributed by atoms with Crippen molar-refractivity contribution in [2.45, 2.75) is 50.9 Å². The van der Waals surface area contributed by atoms with E-state index in [0.29, 0.717) is 34.5 Å². The summed E-state index contributed by atoms with van der Waals surface area (Å²) in [5.41, 5.74) is 1.54. The molecule has 3 aromatic rings. The first kappa shape index (κ1) is 28.5. The number of aromatic nitrogens is 4. The van der Waals surface area contributed by atoms with Crippen molar-refractivity contribution in [3.63, 3.8) is 0 Å². The third-order valence-corrected chi connectivity index (χ3v) is 7.91. The number of urea groups is 1. The second-order valence-electron chi connectivity index (χ2n) is 9.68. The van der Waals surface area contributed by atoms with E-state index in [0.717, 1.165) is 25.7 Å². The maximum Gasteiger partial charge on any atom is 0.330 e. The van der Waals surface area contributed by atoms with Gasteiger partial charge in [0.25, 0.3) is 0 Å². The van der Waals surface area contributed by atoms with Gasteiger partial charge in [0.1, 0.15) is 27.4 Å². The predicted octanol–water partition coefficient (Wildman–Crippen LogP) is 4.70. The molecule has 0 saturated heterocycles. The maximum atomic E-state index is 14.1. The number of benzene rings is 1. The summed E-state index contributed by atoms with van der Waals surface area (Å²) in [4.78, 5) is 38.4. The first-order valence-electron chi connectivity index (χ1n) is 13.1. The van der Waals surface area contributed by atoms with Gasteiger partial charge in [-0.2, -0.15) is 10.1 Å². The Morgan fingerprint density at radius 3 is 2.54 bits per heavy atom. The lowest BCUT2D eigenvalue weighted by Crippen LogP contribution is -2.49. The summed E-state index contributed by atoms with van der Waals surface area (Å²) in [5, 5.41) is 13.7. The molecule has 2 aliphatic rings. The second kappa shape index (κ2) is 12.2. The number of carbonyl (C=O) groups excluding carboxylic acids is 2. The molecule has 1 aromatic carbocycles. The first-order valence-corrected chi connectivity index (χ1v) is 13.8. The molecular weight excluding hydrogens is 571 g/mol. The maximum absolute atomic E-state index is 14.1. The van der Waals surface area contributed by atoms with Gasteiger partial charge in [0, 0.05) is 36.1 Å². The Labute approximate surface area is 247 Å². The van der Waals surface area contributed by atoms with Crippen LogP contribution in [-0.4, -0.2) is 58.4 Å². The average molecular weight is 601 g/mol. The van der Waals surface area contributed by atoms with Crippen molar-refractivity contribution < 1.29 is 19.1 Å². The van der Waals surface area contributed by atoms with E-state index in [1.807, 2.05) is 0 Å². The monoisotopic (exact) mass is 600 g/mol. The number of anilines is 3. The Balaban J connectivity index is 1.52. The number of ether oxygens (including phenoxy) is 2. The number of hydrogen-bond acceptors (Lipinski definition) is 8. The lowest BCUT2D eigenvalue weighted by molar-refractivity contribution is -0.117. The normalized spacial score (nSPS) is 18.5. The average Bonchev–Trinajstić information content (AvgIpc) is 3.50. The second-order valence-corrected chi connectivity index (χ2v) is 10.4. The highest BCUT2D eigenvalue weighted by atomic mass is 35.5. The summed E-state index contributed by atoms with van der Waals surface area (Å²) >= 11 is 13.4. The molecule has 1 aliphatic heterocycles. The fourth-order valence-electron chi connectivity index (χ4n) is 5.14. The number of nitrogens with zero attached hydrogens (tertiary/aromatic N) is 5. The van der Waals surface area contributed by atoms with Gasteiger partial charge in [0.15, 0.2) is 0 Å². The van der Waals surface area contributed by atoms with Crippen LogP contribution in [0.3, 0.4) is 0 Å². The summed E-state index contributed by atoms with van der Waals surface area (Å²) in [5.74, 6) is 1.16. The zero-order chi connectivity index (χ0) is 29.1. The van der Waals surface area contributed by atoms with Crippen molar-refractivity contribution in [3.05, 3.63) is 58.5 Å². The summed E-state index contributed by atoms with van der Waals surface area (Å²) in [6.45, 7) is 3.78. The zero-order valence-electron chi connectivity index (χ0n) is 22.6. The lowest BCUT2D eigenvalue weighted by Gasteiger charge is -2.37. The van der Waals surface area contributed by atoms with E-state index in [-0.39, 0.29) is 46.8 Å². The van der Waals surface area contributed by atoms with E-state index in [2.05, 4.69) is 32.4 Å². The van der Waals surface area contributed by atoms with Gasteiger partial charge in [-0.3, -0.25) is 19.7 Å². The van der Waals surface area contributed by atoms with E-state index in [1.165, 1.54) is 30.1 Å². The quantitative estimate of drug-likeness (QED) is 0.301. The Morgan fingerprint density at radius 1 is 1.20 bits per heavy atom. The number of aromatic amines is 1. The van der Waals surface area contributed by atoms with Crippen LogP contribution in [0.4, 0.5) is 22.2 Å². The molecule has 1 aliphatic carbocycles. The number of fused-ring (bicyclic) bond motifs is 1. The van der Waals surface area contributed by atoms with E-state index in [9.17, 15) is 9.59 Å². The first-order chi connectivity index (χ1) is 19.8. The third kappa shape index (κ3) is 5.75. The van der Waals surface area contributed by atoms with E-state index in [4.69, 9.17) is 37.7 Å². The van der Waals surface area contributed by atoms with Crippen LogP contribution in [-0.2, 0) is 17.9 Å². The molecule has 1 saturated carbocycles. The van der Waals surface area contributed by atoms with Gasteiger partial charge in [-0.1, -0.05) is 42.6 Å². The number of H-pyrrole nitrogens is 1. The fraction of sp³-hybridized carbons (Fsp3) is 0.370. The molecule has 0 spiro atoms. The number of amides is 3. The van der Waals surface area contributed by atoms with Crippen LogP contribution in [0.1, 0.15) is 36.9 Å². The molecule has 2 atom stereocenters. The van der Waals surface area contributed by atoms with Gasteiger partial charge in [0.05, 0.1) is 38.7 Å². The van der Waals surface area contributed by atoms with Gasteiger partial charge in [-0.25, -0.2) is 9.78 Å². The van der Waals surface area contributed by atoms with Gasteiger partial charge in [-0.05, 0) is 25.0 Å². The van der Waals surface area contributed by atoms with Crippen LogP contribution >= 0.6 is 23.2 Å². The molecule has 0 radical (unpaired) electrons. The van der Waals surface area contributed by atoms with Crippen LogP contribution in [0, 0.1) is 0 Å². The molecule has 5 rings (SSSR count). The largest absolute Gasteiger partial charge is 0.495 e. The van der Waals surface area contributed by atoms with Crippen molar-refractivity contribution in [1.29, 1.82) is 0 Å². The number of nitrogens with one attached hydrogen (secondary N) is 3. The number of methoxy groups -OCH3 is 2. The van der Waals surface area contributed by atoms with Crippen LogP contribution in [0.15, 0.2) is 37.2 Å². The van der Waals surface area contributed by atoms with Crippen molar-refractivity contribution in [1.82, 2.24) is 25.5 Å². The number of halogens is 2. The van der Waals surface area contributed by atoms with Crippen molar-refractivity contribution in [2.24, 2.45) is 0 Å². The molecule has 12 nitrogen and oxygen atoms in total. The molecule has 1 unspecified atom stereocenters. The van der Waals surface area contributed by atoms with Crippen LogP contribution in [0.25, 0.3) is 0 Å². The van der Waals surface area contributed by atoms with Crippen molar-refractivity contribution in [3.8, 4) is 11.5 Å². The van der Waals surface area contributed by atoms with Crippen molar-refractivity contribution >= 4 is 52.6 Å². The minimum absolute atomic E-state index is 0.0804. The molecule has 14 heteroatoms. The third-order valence-electron chi connectivity index (χ3n) is 7.18.